The van der Waals surface area contributed by atoms with Gasteiger partial charge in [-0.15, -0.1) is 5.06 Å². The lowest BCUT2D eigenvalue weighted by Crippen LogP contribution is -2.63. The fourth-order valence-corrected chi connectivity index (χ4v) is 2.98. The Hall–Kier alpha value is -1.49. The minimum Gasteiger partial charge on any atom is -0.427 e. The van der Waals surface area contributed by atoms with E-state index in [0.29, 0.717) is 39.1 Å². The summed E-state index contributed by atoms with van der Waals surface area (Å²) < 4.78 is 5.13. The Kier molecular flexibility index (Phi) is 5.97. The van der Waals surface area contributed by atoms with E-state index in [2.05, 4.69) is 10.2 Å². The molecule has 0 spiro atoms. The van der Waals surface area contributed by atoms with Crippen molar-refractivity contribution in [2.24, 2.45) is 5.73 Å². The molecule has 2 aliphatic heterocycles. The molecule has 0 aromatic carbocycles. The van der Waals surface area contributed by atoms with Crippen LogP contribution in [0.15, 0.2) is 0 Å². The van der Waals surface area contributed by atoms with Gasteiger partial charge < -0.3 is 15.3 Å². The summed E-state index contributed by atoms with van der Waals surface area (Å²) in [4.78, 5) is 29.6. The summed E-state index contributed by atoms with van der Waals surface area (Å²) in [7, 11) is 0. The highest BCUT2D eigenvalue weighted by molar-refractivity contribution is 5.60. The van der Waals surface area contributed by atoms with Gasteiger partial charge in [-0.25, -0.2) is 4.79 Å². The lowest BCUT2D eigenvalue weighted by atomic mass is 9.99. The van der Waals surface area contributed by atoms with Gasteiger partial charge in [0.15, 0.2) is 0 Å². The predicted octanol–water partition coefficient (Wildman–Crippen LogP) is -0.237. The fourth-order valence-electron chi connectivity index (χ4n) is 2.98. The third-order valence-corrected chi connectivity index (χ3v) is 4.12. The van der Waals surface area contributed by atoms with Crippen LogP contribution in [0.5, 0.6) is 0 Å². The molecule has 3 N–H and O–H groups in total. The van der Waals surface area contributed by atoms with Crippen molar-refractivity contribution in [2.75, 3.05) is 32.7 Å². The molecule has 0 aromatic heterocycles. The molecular formula is C14H27N5O5. The number of carbonyl (C=O) groups excluding carboxylic acids is 1. The van der Waals surface area contributed by atoms with Gasteiger partial charge in [-0.3, -0.25) is 20.3 Å². The zero-order valence-corrected chi connectivity index (χ0v) is 14.4. The average Bonchev–Trinajstić information content (AvgIpc) is 2.45. The van der Waals surface area contributed by atoms with Gasteiger partial charge in [0.25, 0.3) is 6.17 Å². The summed E-state index contributed by atoms with van der Waals surface area (Å²) in [5.74, 6) is 0. The first-order chi connectivity index (χ1) is 11.2. The molecule has 2 aliphatic rings. The summed E-state index contributed by atoms with van der Waals surface area (Å²) in [5.41, 5.74) is 5.31. The summed E-state index contributed by atoms with van der Waals surface area (Å²) in [6.07, 6.45) is -1.00. The van der Waals surface area contributed by atoms with E-state index < -0.39 is 24.0 Å². The molecule has 10 nitrogen and oxygen atoms in total. The molecule has 0 radical (unpaired) electrons. The van der Waals surface area contributed by atoms with Gasteiger partial charge in [-0.05, 0) is 27.2 Å². The Morgan fingerprint density at radius 3 is 2.42 bits per heavy atom. The Balaban J connectivity index is 1.75. The van der Waals surface area contributed by atoms with E-state index in [-0.39, 0.29) is 11.0 Å². The summed E-state index contributed by atoms with van der Waals surface area (Å²) in [6.45, 7) is 8.40. The second-order valence-corrected chi connectivity index (χ2v) is 7.21. The summed E-state index contributed by atoms with van der Waals surface area (Å²) in [6, 6.07) is -0.352. The summed E-state index contributed by atoms with van der Waals surface area (Å²) in [5, 5.41) is 15.4. The minimum atomic E-state index is -0.877. The van der Waals surface area contributed by atoms with Crippen molar-refractivity contribution in [1.82, 2.24) is 15.3 Å². The first-order valence-electron chi connectivity index (χ1n) is 8.18. The first kappa shape index (κ1) is 18.8. The van der Waals surface area contributed by atoms with Crippen molar-refractivity contribution in [1.29, 1.82) is 0 Å². The van der Waals surface area contributed by atoms with Gasteiger partial charge >= 0.3 is 6.16 Å². The average molecular weight is 345 g/mol. The topological polar surface area (TPSA) is 123 Å². The second kappa shape index (κ2) is 7.60. The molecule has 0 bridgehead atoms. The van der Waals surface area contributed by atoms with Gasteiger partial charge in [0.2, 0.25) is 0 Å². The lowest BCUT2D eigenvalue weighted by molar-refractivity contribution is -0.535. The smallest absolute Gasteiger partial charge is 0.427 e. The molecule has 3 atom stereocenters. The molecule has 3 unspecified atom stereocenters. The number of ether oxygens (including phenoxy) is 1. The minimum absolute atomic E-state index is 0.153. The maximum atomic E-state index is 11.7. The van der Waals surface area contributed by atoms with Crippen molar-refractivity contribution in [3.05, 3.63) is 10.1 Å². The number of nitrogens with one attached hydrogen (secondary N) is 1. The zero-order valence-electron chi connectivity index (χ0n) is 14.4. The monoisotopic (exact) mass is 345 g/mol. The van der Waals surface area contributed by atoms with Crippen molar-refractivity contribution < 1.29 is 19.3 Å². The van der Waals surface area contributed by atoms with Crippen LogP contribution in [0, 0.1) is 10.1 Å². The van der Waals surface area contributed by atoms with Crippen LogP contribution in [0.1, 0.15) is 27.2 Å². The number of hydroxylamine groups is 2. The number of hydrogen-bond acceptors (Lipinski definition) is 9. The number of hydrogen-bond donors (Lipinski definition) is 2. The van der Waals surface area contributed by atoms with Crippen molar-refractivity contribution >= 4 is 6.16 Å². The van der Waals surface area contributed by atoms with E-state index in [9.17, 15) is 14.9 Å². The fraction of sp³-hybridized carbons (Fsp3) is 0.929. The van der Waals surface area contributed by atoms with Crippen LogP contribution in [0.4, 0.5) is 4.79 Å². The van der Waals surface area contributed by atoms with Gasteiger partial charge in [0.05, 0.1) is 6.04 Å². The number of nitrogens with zero attached hydrogens (tertiary/aromatic N) is 3. The standard InChI is InChI=1S/C14H27N5O5/c1-14(2,3)23-13(20)24-18-6-4-17(5-7-18)10-8-11(15)12(16-9-10)19(21)22/h10-12,16H,4-9,15H2,1-3H3. The molecule has 10 heteroatoms. The highest BCUT2D eigenvalue weighted by Crippen LogP contribution is 2.17. The first-order valence-corrected chi connectivity index (χ1v) is 8.18. The van der Waals surface area contributed by atoms with Crippen molar-refractivity contribution in [2.45, 2.75) is 51.0 Å². The number of carbonyl (C=O) groups is 1. The maximum absolute atomic E-state index is 11.7. The van der Waals surface area contributed by atoms with Crippen LogP contribution in [-0.4, -0.2) is 77.6 Å². The lowest BCUT2D eigenvalue weighted by Gasteiger charge is -2.41. The van der Waals surface area contributed by atoms with E-state index in [1.165, 1.54) is 0 Å². The molecule has 0 amide bonds. The number of piperidine rings is 1. The number of nitrogens with two attached hydrogens (primary N) is 1. The van der Waals surface area contributed by atoms with E-state index in [1.54, 1.807) is 25.8 Å². The SMILES string of the molecule is CC(C)(C)OC(=O)ON1CCN(C2CNC([N+](=O)[O-])C(N)C2)CC1. The Morgan fingerprint density at radius 1 is 1.29 bits per heavy atom. The molecule has 0 saturated carbocycles. The highest BCUT2D eigenvalue weighted by atomic mass is 16.8. The van der Waals surface area contributed by atoms with E-state index in [4.69, 9.17) is 15.3 Å². The van der Waals surface area contributed by atoms with Gasteiger partial charge in [0, 0.05) is 43.7 Å². The van der Waals surface area contributed by atoms with Gasteiger partial charge in [-0.1, -0.05) is 0 Å². The van der Waals surface area contributed by atoms with E-state index >= 15 is 0 Å². The van der Waals surface area contributed by atoms with Crippen LogP contribution in [0.3, 0.4) is 0 Å². The zero-order chi connectivity index (χ0) is 17.9. The quantitative estimate of drug-likeness (QED) is 0.405. The molecule has 138 valence electrons. The van der Waals surface area contributed by atoms with Crippen molar-refractivity contribution in [3.63, 3.8) is 0 Å². The Labute approximate surface area is 141 Å². The Bertz CT molecular complexity index is 461. The molecule has 2 heterocycles. The molecule has 24 heavy (non-hydrogen) atoms. The molecule has 2 fully saturated rings. The maximum Gasteiger partial charge on any atom is 0.528 e. The third kappa shape index (κ3) is 5.26. The van der Waals surface area contributed by atoms with Crippen molar-refractivity contribution in [3.8, 4) is 0 Å². The second-order valence-electron chi connectivity index (χ2n) is 7.21. The predicted molar refractivity (Wildman–Crippen MR) is 85.6 cm³/mol. The third-order valence-electron chi connectivity index (χ3n) is 4.12. The van der Waals surface area contributed by atoms with Crippen LogP contribution < -0.4 is 11.1 Å². The van der Waals surface area contributed by atoms with Crippen LogP contribution in [0.2, 0.25) is 0 Å². The largest absolute Gasteiger partial charge is 0.528 e. The normalized spacial score (nSPS) is 29.9. The van der Waals surface area contributed by atoms with Gasteiger partial charge in [0.1, 0.15) is 5.60 Å². The van der Waals surface area contributed by atoms with Crippen LogP contribution in [-0.2, 0) is 9.57 Å². The number of rotatable bonds is 3. The number of nitro groups is 1. The van der Waals surface area contributed by atoms with E-state index in [1.807, 2.05) is 0 Å². The van der Waals surface area contributed by atoms with E-state index in [0.717, 1.165) is 0 Å². The molecule has 2 saturated heterocycles. The molecule has 0 aliphatic carbocycles. The highest BCUT2D eigenvalue weighted by Gasteiger charge is 2.38. The van der Waals surface area contributed by atoms with Crippen LogP contribution in [0.25, 0.3) is 0 Å². The molecular weight excluding hydrogens is 318 g/mol. The number of piperazine rings is 1. The molecule has 2 rings (SSSR count). The Morgan fingerprint density at radius 2 is 1.92 bits per heavy atom. The summed E-state index contributed by atoms with van der Waals surface area (Å²) >= 11 is 0. The van der Waals surface area contributed by atoms with Crippen LogP contribution >= 0.6 is 0 Å². The van der Waals surface area contributed by atoms with Gasteiger partial charge in [-0.2, -0.15) is 0 Å². The molecule has 0 aromatic rings.